The van der Waals surface area contributed by atoms with Gasteiger partial charge in [-0.25, -0.2) is 0 Å². The van der Waals surface area contributed by atoms with E-state index in [0.29, 0.717) is 0 Å². The molecular weight excluding hydrogens is 179 g/mol. The summed E-state index contributed by atoms with van der Waals surface area (Å²) in [4.78, 5) is 10.3. The molecule has 0 aromatic heterocycles. The summed E-state index contributed by atoms with van der Waals surface area (Å²) in [5, 5.41) is 2.13. The maximum absolute atomic E-state index is 12.1. The van der Waals surface area contributed by atoms with Gasteiger partial charge in [-0.1, -0.05) is 42.5 Å². The average molecular weight is 188 g/mol. The van der Waals surface area contributed by atoms with E-state index in [2.05, 4.69) is 0 Å². The van der Waals surface area contributed by atoms with Crippen LogP contribution < -0.4 is 0 Å². The third-order valence-corrected chi connectivity index (χ3v) is 2.16. The van der Waals surface area contributed by atoms with Crippen LogP contribution in [0.25, 0.3) is 10.8 Å². The first-order valence-electron chi connectivity index (χ1n) is 4.42. The number of fused-ring (bicyclic) bond motifs is 1. The predicted octanol–water partition coefficient (Wildman–Crippen LogP) is 2.88. The van der Waals surface area contributed by atoms with Crippen molar-refractivity contribution in [1.82, 2.24) is 0 Å². The van der Waals surface area contributed by atoms with Gasteiger partial charge in [0.25, 0.3) is 0 Å². The van der Waals surface area contributed by atoms with Crippen molar-refractivity contribution in [3.05, 3.63) is 48.0 Å². The zero-order chi connectivity index (χ0) is 9.97. The Kier molecular flexibility index (Phi) is 2.27. The fourth-order valence-electron chi connectivity index (χ4n) is 1.51. The summed E-state index contributed by atoms with van der Waals surface area (Å²) < 4.78 is 12.1. The van der Waals surface area contributed by atoms with Crippen LogP contribution in [0.2, 0.25) is 0 Å². The lowest BCUT2D eigenvalue weighted by molar-refractivity contribution is -0.128. The Hall–Kier alpha value is -1.70. The van der Waals surface area contributed by atoms with Gasteiger partial charge in [-0.05, 0) is 16.3 Å². The molecule has 0 bridgehead atoms. The first-order valence-corrected chi connectivity index (χ1v) is 4.42. The first-order chi connectivity index (χ1) is 6.75. The largest absolute Gasteiger partial charge is 0.305 e. The fraction of sp³-hybridized carbons (Fsp3) is 0.0833. The summed E-state index contributed by atoms with van der Waals surface area (Å²) in [7, 11) is 0. The van der Waals surface area contributed by atoms with Crippen LogP contribution in [0.3, 0.4) is 0 Å². The number of hydrogen-bond acceptors (Lipinski definition) is 1. The molecule has 0 aliphatic rings. The van der Waals surface area contributed by atoms with Gasteiger partial charge in [0, 0.05) is 0 Å². The van der Waals surface area contributed by atoms with Gasteiger partial charge in [-0.2, -0.15) is 4.39 Å². The predicted molar refractivity (Wildman–Crippen MR) is 53.8 cm³/mol. The molecule has 2 heteroatoms. The summed E-state index contributed by atoms with van der Waals surface area (Å²) in [6.45, 7) is 0. The highest BCUT2D eigenvalue weighted by atomic mass is 19.1. The second kappa shape index (κ2) is 3.58. The van der Waals surface area contributed by atoms with E-state index in [0.717, 1.165) is 16.3 Å². The number of benzene rings is 2. The van der Waals surface area contributed by atoms with E-state index in [-0.39, 0.29) is 6.42 Å². The third-order valence-electron chi connectivity index (χ3n) is 2.16. The summed E-state index contributed by atoms with van der Waals surface area (Å²) in [6, 6.07) is 12.0. The van der Waals surface area contributed by atoms with E-state index in [4.69, 9.17) is 0 Å². The molecular formula is C12H9FO. The van der Waals surface area contributed by atoms with Crippen LogP contribution in [-0.4, -0.2) is 6.04 Å². The van der Waals surface area contributed by atoms with Crippen molar-refractivity contribution in [2.75, 3.05) is 0 Å². The Bertz CT molecular complexity index is 476. The smallest absolute Gasteiger partial charge is 0.261 e. The standard InChI is InChI=1S/C12H9FO/c13-12(14)8-9-5-6-10-3-1-2-4-11(10)7-9/h1-7H,8H2. The van der Waals surface area contributed by atoms with Crippen LogP contribution in [0, 0.1) is 0 Å². The third kappa shape index (κ3) is 1.79. The molecule has 2 aromatic rings. The van der Waals surface area contributed by atoms with Crippen molar-refractivity contribution in [3.8, 4) is 0 Å². The van der Waals surface area contributed by atoms with Crippen molar-refractivity contribution in [2.24, 2.45) is 0 Å². The van der Waals surface area contributed by atoms with Gasteiger partial charge >= 0.3 is 6.04 Å². The van der Waals surface area contributed by atoms with Crippen LogP contribution in [0.15, 0.2) is 42.5 Å². The summed E-state index contributed by atoms with van der Waals surface area (Å²) in [5.41, 5.74) is 0.719. The summed E-state index contributed by atoms with van der Waals surface area (Å²) in [5.74, 6) is 0. The topological polar surface area (TPSA) is 17.1 Å². The second-order valence-electron chi connectivity index (χ2n) is 3.21. The molecule has 1 nitrogen and oxygen atoms in total. The van der Waals surface area contributed by atoms with Gasteiger partial charge in [0.1, 0.15) is 0 Å². The number of hydrogen-bond donors (Lipinski definition) is 0. The van der Waals surface area contributed by atoms with Crippen molar-refractivity contribution in [3.63, 3.8) is 0 Å². The van der Waals surface area contributed by atoms with E-state index < -0.39 is 6.04 Å². The molecule has 0 saturated carbocycles. The van der Waals surface area contributed by atoms with Gasteiger partial charge in [-0.3, -0.25) is 4.79 Å². The lowest BCUT2D eigenvalue weighted by Gasteiger charge is -1.99. The summed E-state index contributed by atoms with van der Waals surface area (Å²) >= 11 is 0. The molecule has 0 aliphatic carbocycles. The molecule has 2 aromatic carbocycles. The van der Waals surface area contributed by atoms with E-state index in [1.807, 2.05) is 36.4 Å². The molecule has 0 N–H and O–H groups in total. The Morgan fingerprint density at radius 1 is 1.07 bits per heavy atom. The second-order valence-corrected chi connectivity index (χ2v) is 3.21. The van der Waals surface area contributed by atoms with Crippen molar-refractivity contribution in [2.45, 2.75) is 6.42 Å². The van der Waals surface area contributed by atoms with Gasteiger partial charge in [0.2, 0.25) is 0 Å². The monoisotopic (exact) mass is 188 g/mol. The molecule has 0 radical (unpaired) electrons. The molecule has 0 saturated heterocycles. The molecule has 14 heavy (non-hydrogen) atoms. The number of rotatable bonds is 2. The molecule has 0 spiro atoms. The van der Waals surface area contributed by atoms with Crippen molar-refractivity contribution in [1.29, 1.82) is 0 Å². The zero-order valence-corrected chi connectivity index (χ0v) is 7.53. The van der Waals surface area contributed by atoms with E-state index in [9.17, 15) is 9.18 Å². The highest BCUT2D eigenvalue weighted by Gasteiger charge is 2.01. The van der Waals surface area contributed by atoms with Crippen LogP contribution in [0.4, 0.5) is 4.39 Å². The lowest BCUT2D eigenvalue weighted by Crippen LogP contribution is -1.93. The molecule has 0 atom stereocenters. The van der Waals surface area contributed by atoms with Gasteiger partial charge in [0.05, 0.1) is 6.42 Å². The minimum absolute atomic E-state index is 0.134. The highest BCUT2D eigenvalue weighted by Crippen LogP contribution is 2.15. The van der Waals surface area contributed by atoms with Gasteiger partial charge in [0.15, 0.2) is 0 Å². The minimum atomic E-state index is -1.29. The molecule has 70 valence electrons. The number of carbonyl (C=O) groups is 1. The van der Waals surface area contributed by atoms with Gasteiger partial charge in [-0.15, -0.1) is 0 Å². The maximum Gasteiger partial charge on any atom is 0.305 e. The SMILES string of the molecule is O=C(F)Cc1ccc2ccccc2c1. The molecule has 0 aliphatic heterocycles. The van der Waals surface area contributed by atoms with Crippen molar-refractivity contribution >= 4 is 16.8 Å². The van der Waals surface area contributed by atoms with E-state index in [1.165, 1.54) is 0 Å². The maximum atomic E-state index is 12.1. The van der Waals surface area contributed by atoms with Crippen LogP contribution in [-0.2, 0) is 11.2 Å². The van der Waals surface area contributed by atoms with Crippen molar-refractivity contribution < 1.29 is 9.18 Å². The molecule has 0 heterocycles. The van der Waals surface area contributed by atoms with Crippen LogP contribution in [0.5, 0.6) is 0 Å². The molecule has 0 unspecified atom stereocenters. The molecule has 2 rings (SSSR count). The molecule has 0 fully saturated rings. The van der Waals surface area contributed by atoms with E-state index >= 15 is 0 Å². The highest BCUT2D eigenvalue weighted by molar-refractivity contribution is 5.84. The zero-order valence-electron chi connectivity index (χ0n) is 7.53. The lowest BCUT2D eigenvalue weighted by atomic mass is 10.1. The minimum Gasteiger partial charge on any atom is -0.261 e. The van der Waals surface area contributed by atoms with E-state index in [1.54, 1.807) is 6.07 Å². The Balaban J connectivity index is 2.46. The Labute approximate surface area is 81.2 Å². The van der Waals surface area contributed by atoms with Crippen LogP contribution >= 0.6 is 0 Å². The quantitative estimate of drug-likeness (QED) is 0.662. The number of halogens is 1. The molecule has 0 amide bonds. The van der Waals surface area contributed by atoms with Gasteiger partial charge < -0.3 is 0 Å². The Morgan fingerprint density at radius 2 is 1.79 bits per heavy atom. The Morgan fingerprint density at radius 3 is 2.50 bits per heavy atom. The van der Waals surface area contributed by atoms with Crippen LogP contribution in [0.1, 0.15) is 5.56 Å². The normalized spacial score (nSPS) is 10.4. The number of carbonyl (C=O) groups excluding carboxylic acids is 1. The summed E-state index contributed by atoms with van der Waals surface area (Å²) in [6.07, 6.45) is -0.134. The fourth-order valence-corrected chi connectivity index (χ4v) is 1.51. The average Bonchev–Trinajstić information content (AvgIpc) is 2.17. The first kappa shape index (κ1) is 8.88.